The maximum atomic E-state index is 12.7. The van der Waals surface area contributed by atoms with Gasteiger partial charge >= 0.3 is 0 Å². The second-order valence-electron chi connectivity index (χ2n) is 5.62. The molecule has 0 saturated carbocycles. The second kappa shape index (κ2) is 6.99. The number of hydrogen-bond donors (Lipinski definition) is 0. The van der Waals surface area contributed by atoms with E-state index >= 15 is 0 Å². The van der Waals surface area contributed by atoms with Crippen molar-refractivity contribution in [3.63, 3.8) is 0 Å². The van der Waals surface area contributed by atoms with E-state index in [0.717, 1.165) is 11.8 Å². The molecule has 7 nitrogen and oxygen atoms in total. The first-order valence-corrected chi connectivity index (χ1v) is 9.45. The average Bonchev–Trinajstić information content (AvgIpc) is 2.62. The molecule has 0 aromatic heterocycles. The number of hydrogen-bond acceptors (Lipinski definition) is 5. The quantitative estimate of drug-likeness (QED) is 0.600. The molecular weight excluding hydrogens is 366 g/mol. The van der Waals surface area contributed by atoms with E-state index in [0.29, 0.717) is 31.2 Å². The normalized spacial score (nSPS) is 16.0. The molecular formula is C16H16ClN3O4S. The minimum Gasteiger partial charge on any atom is -0.369 e. The third kappa shape index (κ3) is 3.76. The molecule has 0 spiro atoms. The highest BCUT2D eigenvalue weighted by molar-refractivity contribution is 7.89. The molecule has 3 rings (SSSR count). The number of anilines is 1. The number of nitrogens with zero attached hydrogens (tertiary/aromatic N) is 3. The zero-order valence-corrected chi connectivity index (χ0v) is 14.8. The molecule has 1 aliphatic heterocycles. The van der Waals surface area contributed by atoms with Crippen LogP contribution in [0.2, 0.25) is 5.02 Å². The van der Waals surface area contributed by atoms with Crippen molar-refractivity contribution in [2.24, 2.45) is 0 Å². The molecule has 25 heavy (non-hydrogen) atoms. The first-order valence-electron chi connectivity index (χ1n) is 7.63. The van der Waals surface area contributed by atoms with E-state index in [1.54, 1.807) is 12.1 Å². The molecule has 0 atom stereocenters. The molecule has 1 aliphatic rings. The predicted octanol–water partition coefficient (Wildman–Crippen LogP) is 2.76. The molecule has 0 bridgehead atoms. The highest BCUT2D eigenvalue weighted by Crippen LogP contribution is 2.24. The van der Waals surface area contributed by atoms with E-state index in [2.05, 4.69) is 4.90 Å². The Bertz CT molecular complexity index is 879. The van der Waals surface area contributed by atoms with Gasteiger partial charge in [0.05, 0.1) is 9.82 Å². The van der Waals surface area contributed by atoms with Crippen LogP contribution in [-0.4, -0.2) is 43.8 Å². The number of halogens is 1. The molecule has 1 heterocycles. The van der Waals surface area contributed by atoms with Crippen LogP contribution < -0.4 is 4.90 Å². The van der Waals surface area contributed by atoms with Crippen molar-refractivity contribution in [1.29, 1.82) is 0 Å². The van der Waals surface area contributed by atoms with Crippen molar-refractivity contribution in [2.75, 3.05) is 31.1 Å². The largest absolute Gasteiger partial charge is 0.369 e. The zero-order chi connectivity index (χ0) is 18.0. The average molecular weight is 382 g/mol. The van der Waals surface area contributed by atoms with Gasteiger partial charge in [-0.3, -0.25) is 10.1 Å². The molecule has 0 N–H and O–H groups in total. The highest BCUT2D eigenvalue weighted by atomic mass is 35.5. The van der Waals surface area contributed by atoms with E-state index in [-0.39, 0.29) is 10.6 Å². The molecule has 132 valence electrons. The SMILES string of the molecule is O=[N+]([O-])c1cccc(S(=O)(=O)N2CCN(c3ccc(Cl)cc3)CC2)c1. The second-order valence-corrected chi connectivity index (χ2v) is 8.00. The van der Waals surface area contributed by atoms with Crippen LogP contribution in [0.5, 0.6) is 0 Å². The maximum Gasteiger partial charge on any atom is 0.270 e. The topological polar surface area (TPSA) is 83.8 Å². The molecule has 2 aromatic carbocycles. The standard InChI is InChI=1S/C16H16ClN3O4S/c17-13-4-6-14(7-5-13)18-8-10-19(11-9-18)25(23,24)16-3-1-2-15(12-16)20(21)22/h1-7,12H,8-11H2. The van der Waals surface area contributed by atoms with Gasteiger partial charge in [-0.25, -0.2) is 8.42 Å². The summed E-state index contributed by atoms with van der Waals surface area (Å²) in [7, 11) is -3.75. The maximum absolute atomic E-state index is 12.7. The lowest BCUT2D eigenvalue weighted by molar-refractivity contribution is -0.385. The Morgan fingerprint density at radius 1 is 1.00 bits per heavy atom. The molecule has 0 aliphatic carbocycles. The van der Waals surface area contributed by atoms with Crippen molar-refractivity contribution in [2.45, 2.75) is 4.90 Å². The van der Waals surface area contributed by atoms with Crippen LogP contribution in [-0.2, 0) is 10.0 Å². The minimum atomic E-state index is -3.75. The molecule has 9 heteroatoms. The van der Waals surface area contributed by atoms with Crippen molar-refractivity contribution < 1.29 is 13.3 Å². The van der Waals surface area contributed by atoms with E-state index in [1.807, 2.05) is 12.1 Å². The van der Waals surface area contributed by atoms with Crippen LogP contribution in [0.3, 0.4) is 0 Å². The fourth-order valence-corrected chi connectivity index (χ4v) is 4.33. The number of nitro benzene ring substituents is 1. The van der Waals surface area contributed by atoms with E-state index in [9.17, 15) is 18.5 Å². The molecule has 1 saturated heterocycles. The first-order chi connectivity index (χ1) is 11.9. The summed E-state index contributed by atoms with van der Waals surface area (Å²) in [6, 6.07) is 12.5. The zero-order valence-electron chi connectivity index (χ0n) is 13.2. The molecule has 1 fully saturated rings. The van der Waals surface area contributed by atoms with Gasteiger partial charge in [0, 0.05) is 49.0 Å². The monoisotopic (exact) mass is 381 g/mol. The van der Waals surface area contributed by atoms with Crippen LogP contribution in [0.4, 0.5) is 11.4 Å². The summed E-state index contributed by atoms with van der Waals surface area (Å²) in [6.07, 6.45) is 0. The Morgan fingerprint density at radius 2 is 1.64 bits per heavy atom. The van der Waals surface area contributed by atoms with Gasteiger partial charge in [-0.15, -0.1) is 0 Å². The molecule has 2 aromatic rings. The number of sulfonamides is 1. The van der Waals surface area contributed by atoms with Crippen LogP contribution in [0.1, 0.15) is 0 Å². The third-order valence-electron chi connectivity index (χ3n) is 4.10. The van der Waals surface area contributed by atoms with E-state index < -0.39 is 14.9 Å². The summed E-state index contributed by atoms with van der Waals surface area (Å²) >= 11 is 5.88. The van der Waals surface area contributed by atoms with Crippen molar-refractivity contribution in [3.8, 4) is 0 Å². The van der Waals surface area contributed by atoms with Gasteiger partial charge in [0.1, 0.15) is 0 Å². The minimum absolute atomic E-state index is 0.0540. The Kier molecular flexibility index (Phi) is 4.94. The molecule has 0 unspecified atom stereocenters. The summed E-state index contributed by atoms with van der Waals surface area (Å²) in [5.41, 5.74) is 0.748. The fraction of sp³-hybridized carbons (Fsp3) is 0.250. The Hall–Kier alpha value is -2.16. The Labute approximate surface area is 150 Å². The summed E-state index contributed by atoms with van der Waals surface area (Å²) in [6.45, 7) is 1.70. The lowest BCUT2D eigenvalue weighted by Gasteiger charge is -2.35. The van der Waals surface area contributed by atoms with Crippen LogP contribution in [0.25, 0.3) is 0 Å². The van der Waals surface area contributed by atoms with Gasteiger partial charge in [-0.05, 0) is 30.3 Å². The predicted molar refractivity (Wildman–Crippen MR) is 95.5 cm³/mol. The van der Waals surface area contributed by atoms with E-state index in [4.69, 9.17) is 11.6 Å². The highest BCUT2D eigenvalue weighted by Gasteiger charge is 2.29. The van der Waals surface area contributed by atoms with Crippen molar-refractivity contribution in [3.05, 3.63) is 63.7 Å². The number of non-ortho nitro benzene ring substituents is 1. The molecule has 0 radical (unpaired) electrons. The molecule has 0 amide bonds. The smallest absolute Gasteiger partial charge is 0.270 e. The van der Waals surface area contributed by atoms with Crippen LogP contribution in [0.15, 0.2) is 53.4 Å². The van der Waals surface area contributed by atoms with E-state index in [1.165, 1.54) is 22.5 Å². The summed E-state index contributed by atoms with van der Waals surface area (Å²) < 4.78 is 26.8. The lowest BCUT2D eigenvalue weighted by atomic mass is 10.2. The van der Waals surface area contributed by atoms with Crippen LogP contribution >= 0.6 is 11.6 Å². The summed E-state index contributed by atoms with van der Waals surface area (Å²) in [5.74, 6) is 0. The van der Waals surface area contributed by atoms with Crippen molar-refractivity contribution in [1.82, 2.24) is 4.31 Å². The van der Waals surface area contributed by atoms with Crippen molar-refractivity contribution >= 4 is 33.0 Å². The van der Waals surface area contributed by atoms with Gasteiger partial charge in [0.2, 0.25) is 10.0 Å². The van der Waals surface area contributed by atoms with Gasteiger partial charge < -0.3 is 4.90 Å². The number of rotatable bonds is 4. The van der Waals surface area contributed by atoms with Gasteiger partial charge in [0.15, 0.2) is 0 Å². The summed E-state index contributed by atoms with van der Waals surface area (Å²) in [5, 5.41) is 11.5. The summed E-state index contributed by atoms with van der Waals surface area (Å²) in [4.78, 5) is 12.3. The first kappa shape index (κ1) is 17.7. The van der Waals surface area contributed by atoms with Crippen LogP contribution in [0, 0.1) is 10.1 Å². The van der Waals surface area contributed by atoms with Gasteiger partial charge in [0.25, 0.3) is 5.69 Å². The Balaban J connectivity index is 1.74. The number of nitro groups is 1. The fourth-order valence-electron chi connectivity index (χ4n) is 2.75. The Morgan fingerprint density at radius 3 is 2.24 bits per heavy atom. The lowest BCUT2D eigenvalue weighted by Crippen LogP contribution is -2.48. The number of piperazine rings is 1. The van der Waals surface area contributed by atoms with Gasteiger partial charge in [-0.1, -0.05) is 17.7 Å². The number of benzene rings is 2. The third-order valence-corrected chi connectivity index (χ3v) is 6.24. The van der Waals surface area contributed by atoms with Gasteiger partial charge in [-0.2, -0.15) is 4.31 Å².